The third kappa shape index (κ3) is 5.65. The van der Waals surface area contributed by atoms with E-state index < -0.39 is 5.60 Å². The van der Waals surface area contributed by atoms with Gasteiger partial charge in [-0.3, -0.25) is 4.90 Å². The molecule has 0 saturated carbocycles. The summed E-state index contributed by atoms with van der Waals surface area (Å²) in [7, 11) is 0. The number of hydrogen-bond acceptors (Lipinski definition) is 5. The van der Waals surface area contributed by atoms with Gasteiger partial charge in [-0.05, 0) is 57.0 Å². The lowest BCUT2D eigenvalue weighted by atomic mass is 10.1. The zero-order valence-corrected chi connectivity index (χ0v) is 16.7. The van der Waals surface area contributed by atoms with Gasteiger partial charge in [-0.1, -0.05) is 11.6 Å². The maximum Gasteiger partial charge on any atom is 0.407 e. The average Bonchev–Trinajstić information content (AvgIpc) is 2.60. The number of alkyl carbamates (subject to hydrolysis) is 1. The van der Waals surface area contributed by atoms with Crippen molar-refractivity contribution >= 4 is 17.7 Å². The van der Waals surface area contributed by atoms with E-state index in [2.05, 4.69) is 15.2 Å². The summed E-state index contributed by atoms with van der Waals surface area (Å²) in [5, 5.41) is 3.50. The highest BCUT2D eigenvalue weighted by Gasteiger charge is 2.20. The van der Waals surface area contributed by atoms with Crippen LogP contribution in [0, 0.1) is 0 Å². The van der Waals surface area contributed by atoms with Crippen LogP contribution in [0.15, 0.2) is 30.5 Å². The standard InChI is InChI=1S/C20H25ClN4O2/c1-20(2,3)27-19(26)22-9-11-25-10-8-15-12-23-18(24-17(15)13-25)14-4-6-16(21)7-5-14/h4-7,12H,8-11,13H2,1-3H3,(H,22,26). The van der Waals surface area contributed by atoms with E-state index in [1.54, 1.807) is 0 Å². The summed E-state index contributed by atoms with van der Waals surface area (Å²) in [5.41, 5.74) is 2.69. The van der Waals surface area contributed by atoms with Crippen molar-refractivity contribution in [2.75, 3.05) is 19.6 Å². The van der Waals surface area contributed by atoms with Gasteiger partial charge in [-0.2, -0.15) is 0 Å². The molecule has 0 fully saturated rings. The first-order valence-electron chi connectivity index (χ1n) is 9.10. The Labute approximate surface area is 164 Å². The molecule has 1 aromatic carbocycles. The van der Waals surface area contributed by atoms with Crippen molar-refractivity contribution in [3.05, 3.63) is 46.7 Å². The summed E-state index contributed by atoms with van der Waals surface area (Å²) >= 11 is 5.95. The Hall–Kier alpha value is -2.18. The number of aromatic nitrogens is 2. The third-order valence-electron chi connectivity index (χ3n) is 4.22. The largest absolute Gasteiger partial charge is 0.444 e. The number of carbonyl (C=O) groups excluding carboxylic acids is 1. The van der Waals surface area contributed by atoms with Crippen LogP contribution in [0.25, 0.3) is 11.4 Å². The van der Waals surface area contributed by atoms with Gasteiger partial charge >= 0.3 is 6.09 Å². The highest BCUT2D eigenvalue weighted by Crippen LogP contribution is 2.22. The molecule has 3 rings (SSSR count). The number of carbonyl (C=O) groups is 1. The topological polar surface area (TPSA) is 67.3 Å². The Morgan fingerprint density at radius 1 is 1.30 bits per heavy atom. The van der Waals surface area contributed by atoms with E-state index in [1.165, 1.54) is 5.56 Å². The molecule has 1 aromatic heterocycles. The van der Waals surface area contributed by atoms with E-state index in [0.29, 0.717) is 17.4 Å². The second kappa shape index (κ2) is 8.23. The molecule has 27 heavy (non-hydrogen) atoms. The van der Waals surface area contributed by atoms with Crippen molar-refractivity contribution in [2.45, 2.75) is 39.3 Å². The number of nitrogens with zero attached hydrogens (tertiary/aromatic N) is 3. The molecule has 0 bridgehead atoms. The molecule has 1 aliphatic rings. The normalized spacial score (nSPS) is 14.5. The summed E-state index contributed by atoms with van der Waals surface area (Å²) in [6.07, 6.45) is 2.44. The highest BCUT2D eigenvalue weighted by atomic mass is 35.5. The smallest absolute Gasteiger partial charge is 0.407 e. The number of benzene rings is 1. The second-order valence-corrected chi connectivity index (χ2v) is 8.06. The fourth-order valence-corrected chi connectivity index (χ4v) is 3.04. The minimum absolute atomic E-state index is 0.382. The van der Waals surface area contributed by atoms with Gasteiger partial charge < -0.3 is 10.1 Å². The molecular formula is C20H25ClN4O2. The van der Waals surface area contributed by atoms with E-state index in [0.717, 1.165) is 37.3 Å². The zero-order valence-electron chi connectivity index (χ0n) is 16.0. The Balaban J connectivity index is 1.58. The van der Waals surface area contributed by atoms with E-state index in [1.807, 2.05) is 51.2 Å². The third-order valence-corrected chi connectivity index (χ3v) is 4.48. The molecular weight excluding hydrogens is 364 g/mol. The van der Waals surface area contributed by atoms with Crippen molar-refractivity contribution < 1.29 is 9.53 Å². The SMILES string of the molecule is CC(C)(C)OC(=O)NCCN1CCc2cnc(-c3ccc(Cl)cc3)nc2C1. The van der Waals surface area contributed by atoms with Crippen LogP contribution in [0.4, 0.5) is 4.79 Å². The molecule has 144 valence electrons. The summed E-state index contributed by atoms with van der Waals surface area (Å²) < 4.78 is 5.26. The molecule has 7 heteroatoms. The van der Waals surface area contributed by atoms with Crippen LogP contribution in [0.3, 0.4) is 0 Å². The van der Waals surface area contributed by atoms with Gasteiger partial charge in [0.05, 0.1) is 5.69 Å². The number of ether oxygens (including phenoxy) is 1. The monoisotopic (exact) mass is 388 g/mol. The minimum atomic E-state index is -0.483. The maximum absolute atomic E-state index is 11.7. The first-order chi connectivity index (χ1) is 12.8. The molecule has 0 unspecified atom stereocenters. The number of hydrogen-bond donors (Lipinski definition) is 1. The lowest BCUT2D eigenvalue weighted by Gasteiger charge is -2.28. The minimum Gasteiger partial charge on any atom is -0.444 e. The van der Waals surface area contributed by atoms with Gasteiger partial charge in [0.15, 0.2) is 5.82 Å². The molecule has 0 radical (unpaired) electrons. The fourth-order valence-electron chi connectivity index (χ4n) is 2.92. The maximum atomic E-state index is 11.7. The number of fused-ring (bicyclic) bond motifs is 1. The van der Waals surface area contributed by atoms with E-state index in [4.69, 9.17) is 21.3 Å². The van der Waals surface area contributed by atoms with Gasteiger partial charge in [0.1, 0.15) is 5.60 Å². The predicted octanol–water partition coefficient (Wildman–Crippen LogP) is 3.68. The first kappa shape index (κ1) is 19.6. The van der Waals surface area contributed by atoms with Gasteiger partial charge in [0, 0.05) is 43.0 Å². The average molecular weight is 389 g/mol. The van der Waals surface area contributed by atoms with Gasteiger partial charge in [-0.25, -0.2) is 14.8 Å². The molecule has 0 spiro atoms. The number of amides is 1. The van der Waals surface area contributed by atoms with Crippen LogP contribution in [0.1, 0.15) is 32.0 Å². The first-order valence-corrected chi connectivity index (χ1v) is 9.48. The van der Waals surface area contributed by atoms with Crippen LogP contribution in [-0.2, 0) is 17.7 Å². The van der Waals surface area contributed by atoms with Gasteiger partial charge in [0.25, 0.3) is 0 Å². The van der Waals surface area contributed by atoms with Crippen molar-refractivity contribution in [2.24, 2.45) is 0 Å². The Morgan fingerprint density at radius 3 is 2.74 bits per heavy atom. The van der Waals surface area contributed by atoms with Crippen LogP contribution < -0.4 is 5.32 Å². The van der Waals surface area contributed by atoms with Crippen molar-refractivity contribution in [3.63, 3.8) is 0 Å². The highest BCUT2D eigenvalue weighted by molar-refractivity contribution is 6.30. The number of rotatable bonds is 4. The molecule has 0 aliphatic carbocycles. The summed E-state index contributed by atoms with van der Waals surface area (Å²) in [6, 6.07) is 7.54. The summed E-state index contributed by atoms with van der Waals surface area (Å²) in [6.45, 7) is 8.52. The zero-order chi connectivity index (χ0) is 19.4. The fraction of sp³-hybridized carbons (Fsp3) is 0.450. The van der Waals surface area contributed by atoms with E-state index in [9.17, 15) is 4.79 Å². The van der Waals surface area contributed by atoms with Crippen molar-refractivity contribution in [1.82, 2.24) is 20.2 Å². The predicted molar refractivity (Wildman–Crippen MR) is 106 cm³/mol. The summed E-state index contributed by atoms with van der Waals surface area (Å²) in [5.74, 6) is 0.708. The lowest BCUT2D eigenvalue weighted by Crippen LogP contribution is -2.40. The Kier molecular flexibility index (Phi) is 5.97. The van der Waals surface area contributed by atoms with Crippen LogP contribution in [0.2, 0.25) is 5.02 Å². The quantitative estimate of drug-likeness (QED) is 0.865. The van der Waals surface area contributed by atoms with Crippen molar-refractivity contribution in [1.29, 1.82) is 0 Å². The molecule has 6 nitrogen and oxygen atoms in total. The van der Waals surface area contributed by atoms with Gasteiger partial charge in [-0.15, -0.1) is 0 Å². The Morgan fingerprint density at radius 2 is 2.04 bits per heavy atom. The number of halogens is 1. The van der Waals surface area contributed by atoms with Crippen LogP contribution in [0.5, 0.6) is 0 Å². The molecule has 2 aromatic rings. The lowest BCUT2D eigenvalue weighted by molar-refractivity contribution is 0.0521. The molecule has 1 amide bonds. The van der Waals surface area contributed by atoms with E-state index >= 15 is 0 Å². The second-order valence-electron chi connectivity index (χ2n) is 7.63. The van der Waals surface area contributed by atoms with Crippen LogP contribution in [-0.4, -0.2) is 46.2 Å². The van der Waals surface area contributed by atoms with E-state index in [-0.39, 0.29) is 6.09 Å². The summed E-state index contributed by atoms with van der Waals surface area (Å²) in [4.78, 5) is 23.3. The molecule has 1 N–H and O–H groups in total. The number of nitrogens with one attached hydrogen (secondary N) is 1. The van der Waals surface area contributed by atoms with Crippen molar-refractivity contribution in [3.8, 4) is 11.4 Å². The Bertz CT molecular complexity index is 803. The molecule has 2 heterocycles. The van der Waals surface area contributed by atoms with Crippen LogP contribution >= 0.6 is 11.6 Å². The molecule has 0 atom stereocenters. The molecule has 1 aliphatic heterocycles. The van der Waals surface area contributed by atoms with Gasteiger partial charge in [0.2, 0.25) is 0 Å². The molecule has 0 saturated heterocycles.